The largest absolute Gasteiger partial charge is 0.385 e. The molecule has 3 nitrogen and oxygen atoms in total. The summed E-state index contributed by atoms with van der Waals surface area (Å²) < 4.78 is 5.15. The quantitative estimate of drug-likeness (QED) is 0.763. The van der Waals surface area contributed by atoms with E-state index < -0.39 is 0 Å². The molecule has 0 radical (unpaired) electrons. The molecule has 1 heterocycles. The maximum absolute atomic E-state index is 5.15. The third-order valence-corrected chi connectivity index (χ3v) is 4.83. The minimum atomic E-state index is 0.306. The van der Waals surface area contributed by atoms with Gasteiger partial charge in [-0.15, -0.1) is 0 Å². The van der Waals surface area contributed by atoms with Gasteiger partial charge in [0.15, 0.2) is 0 Å². The van der Waals surface area contributed by atoms with E-state index in [1.807, 2.05) is 0 Å². The molecule has 0 aromatic carbocycles. The van der Waals surface area contributed by atoms with Crippen molar-refractivity contribution in [2.24, 2.45) is 0 Å². The fraction of sp³-hybridized carbons (Fsp3) is 1.00. The van der Waals surface area contributed by atoms with Crippen LogP contribution < -0.4 is 5.32 Å². The lowest BCUT2D eigenvalue weighted by Gasteiger charge is -2.51. The van der Waals surface area contributed by atoms with Crippen LogP contribution in [0.2, 0.25) is 0 Å². The molecule has 2 rings (SSSR count). The van der Waals surface area contributed by atoms with Crippen molar-refractivity contribution in [3.05, 3.63) is 0 Å². The molecular weight excluding hydrogens is 224 g/mol. The fourth-order valence-electron chi connectivity index (χ4n) is 3.47. The molecule has 0 bridgehead atoms. The Balaban J connectivity index is 1.87. The molecule has 0 amide bonds. The van der Waals surface area contributed by atoms with Gasteiger partial charge in [-0.2, -0.15) is 0 Å². The number of methoxy groups -OCH3 is 1. The van der Waals surface area contributed by atoms with Crippen LogP contribution in [0.1, 0.15) is 52.4 Å². The molecular formula is C15H30N2O. The number of rotatable bonds is 5. The van der Waals surface area contributed by atoms with Gasteiger partial charge < -0.3 is 10.1 Å². The number of unbranched alkanes of at least 4 members (excludes halogenated alkanes) is 1. The summed E-state index contributed by atoms with van der Waals surface area (Å²) in [5.74, 6) is 0. The second-order valence-electron chi connectivity index (χ2n) is 6.77. The minimum absolute atomic E-state index is 0.306. The topological polar surface area (TPSA) is 24.5 Å². The van der Waals surface area contributed by atoms with Crippen molar-refractivity contribution in [1.29, 1.82) is 0 Å². The molecule has 1 aliphatic heterocycles. The van der Waals surface area contributed by atoms with Gasteiger partial charge in [-0.05, 0) is 46.1 Å². The first-order valence-electron chi connectivity index (χ1n) is 7.57. The number of nitrogens with zero attached hydrogens (tertiary/aromatic N) is 1. The van der Waals surface area contributed by atoms with Gasteiger partial charge in [-0.25, -0.2) is 0 Å². The second kappa shape index (κ2) is 5.89. The van der Waals surface area contributed by atoms with E-state index in [1.54, 1.807) is 7.11 Å². The number of hydrogen-bond acceptors (Lipinski definition) is 3. The summed E-state index contributed by atoms with van der Waals surface area (Å²) in [4.78, 5) is 2.71. The van der Waals surface area contributed by atoms with E-state index in [9.17, 15) is 0 Å². The molecule has 1 N–H and O–H groups in total. The Bertz CT molecular complexity index is 259. The van der Waals surface area contributed by atoms with Crippen LogP contribution in [0.5, 0.6) is 0 Å². The molecule has 1 spiro atoms. The van der Waals surface area contributed by atoms with Crippen LogP contribution in [0.4, 0.5) is 0 Å². The smallest absolute Gasteiger partial charge is 0.0462 e. The summed E-state index contributed by atoms with van der Waals surface area (Å²) in [6.07, 6.45) is 8.00. The maximum Gasteiger partial charge on any atom is 0.0462 e. The highest BCUT2D eigenvalue weighted by molar-refractivity contribution is 5.03. The Morgan fingerprint density at radius 3 is 2.56 bits per heavy atom. The number of ether oxygens (including phenoxy) is 1. The standard InChI is InChI=1S/C15H30N2O/c1-14(2)12-16-15(8-4-5-9-15)13-17(14)10-6-7-11-18-3/h16H,4-13H2,1-3H3. The summed E-state index contributed by atoms with van der Waals surface area (Å²) in [5, 5.41) is 3.85. The van der Waals surface area contributed by atoms with E-state index in [1.165, 1.54) is 51.6 Å². The predicted molar refractivity (Wildman–Crippen MR) is 76.0 cm³/mol. The Morgan fingerprint density at radius 2 is 1.89 bits per heavy atom. The molecule has 0 aromatic heterocycles. The van der Waals surface area contributed by atoms with E-state index in [4.69, 9.17) is 4.74 Å². The SMILES string of the molecule is COCCCCN1CC2(CCCC2)NCC1(C)C. The second-order valence-corrected chi connectivity index (χ2v) is 6.77. The molecule has 3 heteroatoms. The van der Waals surface area contributed by atoms with Crippen molar-refractivity contribution in [3.8, 4) is 0 Å². The van der Waals surface area contributed by atoms with Crippen LogP contribution in [-0.2, 0) is 4.74 Å². The summed E-state index contributed by atoms with van der Waals surface area (Å²) in [6, 6.07) is 0. The van der Waals surface area contributed by atoms with Crippen molar-refractivity contribution >= 4 is 0 Å². The number of piperazine rings is 1. The molecule has 18 heavy (non-hydrogen) atoms. The summed E-state index contributed by atoms with van der Waals surface area (Å²) in [6.45, 7) is 9.25. The van der Waals surface area contributed by atoms with Crippen molar-refractivity contribution in [3.63, 3.8) is 0 Å². The van der Waals surface area contributed by atoms with Crippen LogP contribution in [0.3, 0.4) is 0 Å². The lowest BCUT2D eigenvalue weighted by atomic mass is 9.87. The monoisotopic (exact) mass is 254 g/mol. The lowest BCUT2D eigenvalue weighted by molar-refractivity contribution is 0.0257. The van der Waals surface area contributed by atoms with E-state index in [2.05, 4.69) is 24.1 Å². The highest BCUT2D eigenvalue weighted by Crippen LogP contribution is 2.35. The Hall–Kier alpha value is -0.120. The Morgan fingerprint density at radius 1 is 1.17 bits per heavy atom. The Labute approximate surface area is 112 Å². The molecule has 0 unspecified atom stereocenters. The molecule has 1 saturated heterocycles. The van der Waals surface area contributed by atoms with Gasteiger partial charge in [0.25, 0.3) is 0 Å². The highest BCUT2D eigenvalue weighted by atomic mass is 16.5. The highest BCUT2D eigenvalue weighted by Gasteiger charge is 2.43. The van der Waals surface area contributed by atoms with Crippen LogP contribution in [0, 0.1) is 0 Å². The zero-order valence-electron chi connectivity index (χ0n) is 12.4. The molecule has 2 fully saturated rings. The first-order chi connectivity index (χ1) is 8.58. The van der Waals surface area contributed by atoms with Crippen LogP contribution >= 0.6 is 0 Å². The van der Waals surface area contributed by atoms with Crippen molar-refractivity contribution in [2.45, 2.75) is 63.5 Å². The third-order valence-electron chi connectivity index (χ3n) is 4.83. The van der Waals surface area contributed by atoms with Crippen molar-refractivity contribution in [2.75, 3.05) is 33.4 Å². The molecule has 2 aliphatic rings. The van der Waals surface area contributed by atoms with Gasteiger partial charge in [0.1, 0.15) is 0 Å². The lowest BCUT2D eigenvalue weighted by Crippen LogP contribution is -2.67. The number of hydrogen-bond donors (Lipinski definition) is 1. The third kappa shape index (κ3) is 3.25. The van der Waals surface area contributed by atoms with Crippen molar-refractivity contribution in [1.82, 2.24) is 10.2 Å². The first-order valence-corrected chi connectivity index (χ1v) is 7.57. The predicted octanol–water partition coefficient (Wildman–Crippen LogP) is 2.41. The van der Waals surface area contributed by atoms with Gasteiger partial charge in [0, 0.05) is 37.9 Å². The van der Waals surface area contributed by atoms with Gasteiger partial charge in [0.05, 0.1) is 0 Å². The molecule has 0 atom stereocenters. The summed E-state index contributed by atoms with van der Waals surface area (Å²) >= 11 is 0. The van der Waals surface area contributed by atoms with Gasteiger partial charge in [-0.1, -0.05) is 12.8 Å². The molecule has 106 valence electrons. The minimum Gasteiger partial charge on any atom is -0.385 e. The fourth-order valence-corrected chi connectivity index (χ4v) is 3.47. The summed E-state index contributed by atoms with van der Waals surface area (Å²) in [7, 11) is 1.79. The van der Waals surface area contributed by atoms with E-state index in [0.717, 1.165) is 13.2 Å². The van der Waals surface area contributed by atoms with Crippen molar-refractivity contribution < 1.29 is 4.74 Å². The summed E-state index contributed by atoms with van der Waals surface area (Å²) in [5.41, 5.74) is 0.748. The number of nitrogens with one attached hydrogen (secondary N) is 1. The van der Waals surface area contributed by atoms with Gasteiger partial charge in [0.2, 0.25) is 0 Å². The zero-order chi connectivity index (χ0) is 13.1. The molecule has 1 saturated carbocycles. The average Bonchev–Trinajstić information content (AvgIpc) is 2.78. The Kier molecular flexibility index (Phi) is 4.68. The van der Waals surface area contributed by atoms with Crippen LogP contribution in [0.25, 0.3) is 0 Å². The maximum atomic E-state index is 5.15. The molecule has 1 aliphatic carbocycles. The van der Waals surface area contributed by atoms with E-state index >= 15 is 0 Å². The van der Waals surface area contributed by atoms with Crippen LogP contribution in [-0.4, -0.2) is 49.3 Å². The first kappa shape index (κ1) is 14.3. The van der Waals surface area contributed by atoms with E-state index in [0.29, 0.717) is 11.1 Å². The average molecular weight is 254 g/mol. The van der Waals surface area contributed by atoms with Gasteiger partial charge in [-0.3, -0.25) is 4.90 Å². The molecule has 0 aromatic rings. The van der Waals surface area contributed by atoms with Crippen LogP contribution in [0.15, 0.2) is 0 Å². The van der Waals surface area contributed by atoms with Gasteiger partial charge >= 0.3 is 0 Å². The normalized spacial score (nSPS) is 26.8. The van der Waals surface area contributed by atoms with E-state index in [-0.39, 0.29) is 0 Å². The zero-order valence-corrected chi connectivity index (χ0v) is 12.4.